The van der Waals surface area contributed by atoms with Crippen LogP contribution in [0.3, 0.4) is 0 Å². The Morgan fingerprint density at radius 2 is 1.88 bits per heavy atom. The van der Waals surface area contributed by atoms with Crippen molar-refractivity contribution in [2.75, 3.05) is 13.7 Å². The van der Waals surface area contributed by atoms with Gasteiger partial charge in [-0.1, -0.05) is 29.8 Å². The number of methoxy groups -OCH3 is 1. The van der Waals surface area contributed by atoms with Crippen molar-refractivity contribution >= 4 is 11.6 Å². The highest BCUT2D eigenvalue weighted by atomic mass is 35.5. The predicted molar refractivity (Wildman–Crippen MR) is 98.8 cm³/mol. The summed E-state index contributed by atoms with van der Waals surface area (Å²) in [5.41, 5.74) is 4.36. The van der Waals surface area contributed by atoms with Crippen molar-refractivity contribution in [3.05, 3.63) is 64.2 Å². The number of nitrogens with zero attached hydrogens (tertiary/aromatic N) is 1. The van der Waals surface area contributed by atoms with E-state index in [1.54, 1.807) is 7.11 Å². The van der Waals surface area contributed by atoms with Gasteiger partial charge in [-0.3, -0.25) is 4.90 Å². The Balaban J connectivity index is 1.56. The first-order chi connectivity index (χ1) is 11.7. The average molecular weight is 342 g/mol. The van der Waals surface area contributed by atoms with Crippen LogP contribution in [0.1, 0.15) is 29.5 Å². The van der Waals surface area contributed by atoms with Crippen molar-refractivity contribution in [2.24, 2.45) is 5.92 Å². The smallest absolute Gasteiger partial charge is 0.119 e. The molecule has 5 rings (SSSR count). The van der Waals surface area contributed by atoms with Crippen LogP contribution in [0.5, 0.6) is 5.75 Å². The monoisotopic (exact) mass is 341 g/mol. The third kappa shape index (κ3) is 3.31. The summed E-state index contributed by atoms with van der Waals surface area (Å²) in [6.07, 6.45) is 4.98. The van der Waals surface area contributed by atoms with Gasteiger partial charge in [0.15, 0.2) is 0 Å². The molecule has 2 aromatic rings. The van der Waals surface area contributed by atoms with Gasteiger partial charge in [0.1, 0.15) is 5.75 Å². The zero-order valence-electron chi connectivity index (χ0n) is 14.2. The largest absolute Gasteiger partial charge is 0.497 e. The van der Waals surface area contributed by atoms with E-state index in [9.17, 15) is 0 Å². The molecule has 1 saturated heterocycles. The van der Waals surface area contributed by atoms with Crippen LogP contribution in [-0.4, -0.2) is 24.6 Å². The van der Waals surface area contributed by atoms with Crippen molar-refractivity contribution in [3.63, 3.8) is 0 Å². The lowest BCUT2D eigenvalue weighted by molar-refractivity contribution is 0.0938. The van der Waals surface area contributed by atoms with Gasteiger partial charge in [0.05, 0.1) is 7.11 Å². The number of rotatable bonds is 3. The molecule has 0 N–H and O–H groups in total. The fourth-order valence-electron chi connectivity index (χ4n) is 4.28. The molecule has 0 spiro atoms. The van der Waals surface area contributed by atoms with Crippen molar-refractivity contribution in [2.45, 2.75) is 38.3 Å². The van der Waals surface area contributed by atoms with Gasteiger partial charge in [-0.2, -0.15) is 0 Å². The van der Waals surface area contributed by atoms with E-state index in [-0.39, 0.29) is 0 Å². The van der Waals surface area contributed by atoms with E-state index in [4.69, 9.17) is 16.3 Å². The predicted octanol–water partition coefficient (Wildman–Crippen LogP) is 4.73. The number of benzene rings is 2. The summed E-state index contributed by atoms with van der Waals surface area (Å²) in [5.74, 6) is 1.74. The van der Waals surface area contributed by atoms with E-state index < -0.39 is 0 Å². The molecule has 0 radical (unpaired) electrons. The van der Waals surface area contributed by atoms with E-state index in [2.05, 4.69) is 35.2 Å². The van der Waals surface area contributed by atoms with Gasteiger partial charge in [0, 0.05) is 24.2 Å². The maximum absolute atomic E-state index is 6.02. The Hall–Kier alpha value is -1.51. The fraction of sp³-hybridized carbons (Fsp3) is 0.429. The van der Waals surface area contributed by atoms with Crippen LogP contribution in [0.25, 0.3) is 0 Å². The lowest BCUT2D eigenvalue weighted by atomic mass is 9.80. The van der Waals surface area contributed by atoms with E-state index in [0.717, 1.165) is 29.7 Å². The first-order valence-electron chi connectivity index (χ1n) is 8.85. The molecule has 0 amide bonds. The summed E-state index contributed by atoms with van der Waals surface area (Å²) in [5, 5.41) is 0.816. The topological polar surface area (TPSA) is 12.5 Å². The minimum atomic E-state index is 0.643. The molecule has 1 fully saturated rings. The molecule has 3 aliphatic rings. The summed E-state index contributed by atoms with van der Waals surface area (Å²) in [4.78, 5) is 2.69. The van der Waals surface area contributed by atoms with Crippen LogP contribution < -0.4 is 4.74 Å². The summed E-state index contributed by atoms with van der Waals surface area (Å²) >= 11 is 6.02. The van der Waals surface area contributed by atoms with E-state index in [1.807, 2.05) is 12.1 Å². The van der Waals surface area contributed by atoms with Gasteiger partial charge < -0.3 is 4.74 Å². The third-order valence-corrected chi connectivity index (χ3v) is 5.85. The molecule has 2 bridgehead atoms. The first-order valence-corrected chi connectivity index (χ1v) is 9.23. The molecule has 2 unspecified atom stereocenters. The Bertz CT molecular complexity index is 712. The lowest BCUT2D eigenvalue weighted by Gasteiger charge is -2.42. The molecule has 3 heteroatoms. The Labute approximate surface area is 149 Å². The van der Waals surface area contributed by atoms with Crippen LogP contribution in [-0.2, 0) is 19.4 Å². The Kier molecular flexibility index (Phi) is 4.51. The summed E-state index contributed by atoms with van der Waals surface area (Å²) in [7, 11) is 1.75. The standard InChI is InChI=1S/C21H24ClNO/c1-24-21-9-5-17-11-20-8-4-16(10-18(17)12-21)14-23(20)13-15-2-6-19(22)7-3-15/h2-3,5-7,9,12,16,20H,4,8,10-11,13-14H2,1H3. The number of fused-ring (bicyclic) bond motifs is 2. The molecule has 126 valence electrons. The van der Waals surface area contributed by atoms with Gasteiger partial charge in [0.25, 0.3) is 0 Å². The zero-order valence-corrected chi connectivity index (χ0v) is 14.9. The molecule has 24 heavy (non-hydrogen) atoms. The second kappa shape index (κ2) is 6.78. The molecule has 0 aromatic heterocycles. The lowest BCUT2D eigenvalue weighted by Crippen LogP contribution is -2.46. The first kappa shape index (κ1) is 16.0. The quantitative estimate of drug-likeness (QED) is 0.800. The number of halogens is 1. The van der Waals surface area contributed by atoms with Crippen LogP contribution in [0.2, 0.25) is 5.02 Å². The SMILES string of the molecule is COc1ccc2c(c1)CC1CCC(C2)N(Cc2ccc(Cl)cc2)C1. The van der Waals surface area contributed by atoms with Crippen LogP contribution >= 0.6 is 11.6 Å². The molecular weight excluding hydrogens is 318 g/mol. The minimum Gasteiger partial charge on any atom is -0.497 e. The molecule has 0 saturated carbocycles. The minimum absolute atomic E-state index is 0.643. The number of hydrogen-bond acceptors (Lipinski definition) is 2. The maximum atomic E-state index is 6.02. The number of hydrogen-bond donors (Lipinski definition) is 0. The fourth-order valence-corrected chi connectivity index (χ4v) is 4.41. The molecule has 2 aromatic carbocycles. The second-order valence-corrected chi connectivity index (χ2v) is 7.63. The molecule has 2 aliphatic heterocycles. The second-order valence-electron chi connectivity index (χ2n) is 7.20. The molecule has 2 atom stereocenters. The molecule has 2 nitrogen and oxygen atoms in total. The molecular formula is C21H24ClNO. The normalized spacial score (nSPS) is 23.4. The van der Waals surface area contributed by atoms with Crippen LogP contribution in [0.15, 0.2) is 42.5 Å². The number of piperidine rings is 1. The van der Waals surface area contributed by atoms with Crippen molar-refractivity contribution < 1.29 is 4.74 Å². The van der Waals surface area contributed by atoms with Gasteiger partial charge in [-0.15, -0.1) is 0 Å². The van der Waals surface area contributed by atoms with Crippen molar-refractivity contribution in [1.82, 2.24) is 4.90 Å². The summed E-state index contributed by atoms with van der Waals surface area (Å²) < 4.78 is 5.42. The van der Waals surface area contributed by atoms with Gasteiger partial charge >= 0.3 is 0 Å². The highest BCUT2D eigenvalue weighted by Crippen LogP contribution is 2.34. The van der Waals surface area contributed by atoms with E-state index >= 15 is 0 Å². The zero-order chi connectivity index (χ0) is 16.5. The Morgan fingerprint density at radius 3 is 2.67 bits per heavy atom. The van der Waals surface area contributed by atoms with Crippen LogP contribution in [0, 0.1) is 5.92 Å². The highest BCUT2D eigenvalue weighted by molar-refractivity contribution is 6.30. The van der Waals surface area contributed by atoms with Gasteiger partial charge in [-0.05, 0) is 72.6 Å². The third-order valence-electron chi connectivity index (χ3n) is 5.59. The molecule has 1 aliphatic carbocycles. The van der Waals surface area contributed by atoms with Gasteiger partial charge in [0.2, 0.25) is 0 Å². The van der Waals surface area contributed by atoms with Crippen LogP contribution in [0.4, 0.5) is 0 Å². The molecule has 2 heterocycles. The number of ether oxygens (including phenoxy) is 1. The summed E-state index contributed by atoms with van der Waals surface area (Å²) in [6.45, 7) is 2.23. The van der Waals surface area contributed by atoms with Crippen molar-refractivity contribution in [3.8, 4) is 5.75 Å². The highest BCUT2D eigenvalue weighted by Gasteiger charge is 2.31. The van der Waals surface area contributed by atoms with Crippen molar-refractivity contribution in [1.29, 1.82) is 0 Å². The summed E-state index contributed by atoms with van der Waals surface area (Å²) in [6, 6.07) is 15.6. The van der Waals surface area contributed by atoms with E-state index in [0.29, 0.717) is 6.04 Å². The maximum Gasteiger partial charge on any atom is 0.119 e. The van der Waals surface area contributed by atoms with Gasteiger partial charge in [-0.25, -0.2) is 0 Å². The Morgan fingerprint density at radius 1 is 1.04 bits per heavy atom. The van der Waals surface area contributed by atoms with E-state index in [1.165, 1.54) is 42.5 Å². The average Bonchev–Trinajstić information content (AvgIpc) is 2.57.